The molecule has 0 fully saturated rings. The largest absolute Gasteiger partial charge is 0.497 e. The molecule has 0 unspecified atom stereocenters. The summed E-state index contributed by atoms with van der Waals surface area (Å²) in [6, 6.07) is 13.1. The van der Waals surface area contributed by atoms with Gasteiger partial charge in [-0.05, 0) is 56.7 Å². The number of carbonyl (C=O) groups is 1. The number of carbonyl (C=O) groups excluding carboxylic acids is 1. The average molecular weight is 421 g/mol. The molecule has 0 saturated heterocycles. The van der Waals surface area contributed by atoms with E-state index < -0.39 is 10.0 Å². The normalized spacial score (nSPS) is 11.1. The zero-order valence-electron chi connectivity index (χ0n) is 17.1. The Bertz CT molecular complexity index is 880. The maximum atomic E-state index is 13.3. The molecule has 0 heterocycles. The molecule has 0 aromatic heterocycles. The third kappa shape index (κ3) is 6.47. The number of methoxy groups -OCH3 is 1. The summed E-state index contributed by atoms with van der Waals surface area (Å²) in [7, 11) is -2.42. The number of sulfonamides is 1. The van der Waals surface area contributed by atoms with E-state index in [2.05, 4.69) is 5.32 Å². The Labute approximate surface area is 172 Å². The van der Waals surface area contributed by atoms with E-state index in [4.69, 9.17) is 9.47 Å². The van der Waals surface area contributed by atoms with E-state index in [1.807, 2.05) is 26.0 Å². The van der Waals surface area contributed by atoms with Crippen molar-refractivity contribution in [3.8, 4) is 5.75 Å². The predicted octanol–water partition coefficient (Wildman–Crippen LogP) is 2.74. The van der Waals surface area contributed by atoms with Crippen LogP contribution in [0, 0.1) is 6.92 Å². The Morgan fingerprint density at radius 1 is 1.07 bits per heavy atom. The lowest BCUT2D eigenvalue weighted by Gasteiger charge is -2.24. The van der Waals surface area contributed by atoms with Gasteiger partial charge in [0.25, 0.3) is 10.0 Å². The van der Waals surface area contributed by atoms with Crippen molar-refractivity contribution >= 4 is 21.6 Å². The van der Waals surface area contributed by atoms with Gasteiger partial charge in [-0.2, -0.15) is 0 Å². The standard InChI is InChI=1S/C21H28N2O5S/c1-4-28-15-5-14-22-21(24)16-23(18-8-6-17(2)7-9-18)29(25,26)20-12-10-19(27-3)11-13-20/h6-13H,4-5,14-16H2,1-3H3,(H,22,24). The van der Waals surface area contributed by atoms with Crippen molar-refractivity contribution in [1.29, 1.82) is 0 Å². The van der Waals surface area contributed by atoms with Crippen molar-refractivity contribution in [3.63, 3.8) is 0 Å². The van der Waals surface area contributed by atoms with Crippen molar-refractivity contribution in [1.82, 2.24) is 5.32 Å². The van der Waals surface area contributed by atoms with Gasteiger partial charge >= 0.3 is 0 Å². The zero-order chi connectivity index (χ0) is 21.3. The fraction of sp³-hybridized carbons (Fsp3) is 0.381. The van der Waals surface area contributed by atoms with Crippen LogP contribution in [0.15, 0.2) is 53.4 Å². The fourth-order valence-corrected chi connectivity index (χ4v) is 4.05. The van der Waals surface area contributed by atoms with Crippen LogP contribution in [0.3, 0.4) is 0 Å². The van der Waals surface area contributed by atoms with Crippen LogP contribution in [0.5, 0.6) is 5.75 Å². The highest BCUT2D eigenvalue weighted by atomic mass is 32.2. The summed E-state index contributed by atoms with van der Waals surface area (Å²) in [5, 5.41) is 2.75. The number of benzene rings is 2. The number of hydrogen-bond acceptors (Lipinski definition) is 5. The molecular weight excluding hydrogens is 392 g/mol. The molecule has 0 atom stereocenters. The minimum Gasteiger partial charge on any atom is -0.497 e. The Hall–Kier alpha value is -2.58. The van der Waals surface area contributed by atoms with Gasteiger partial charge in [0.15, 0.2) is 0 Å². The molecule has 29 heavy (non-hydrogen) atoms. The Balaban J connectivity index is 2.22. The van der Waals surface area contributed by atoms with E-state index in [-0.39, 0.29) is 17.3 Å². The summed E-state index contributed by atoms with van der Waals surface area (Å²) < 4.78 is 38.0. The molecule has 1 N–H and O–H groups in total. The summed E-state index contributed by atoms with van der Waals surface area (Å²) in [4.78, 5) is 12.5. The van der Waals surface area contributed by atoms with Gasteiger partial charge in [-0.1, -0.05) is 17.7 Å². The Morgan fingerprint density at radius 3 is 2.31 bits per heavy atom. The third-order valence-electron chi connectivity index (χ3n) is 4.25. The predicted molar refractivity (Wildman–Crippen MR) is 113 cm³/mol. The summed E-state index contributed by atoms with van der Waals surface area (Å²) >= 11 is 0. The van der Waals surface area contributed by atoms with Gasteiger partial charge in [-0.15, -0.1) is 0 Å². The first-order chi connectivity index (χ1) is 13.9. The van der Waals surface area contributed by atoms with Crippen molar-refractivity contribution < 1.29 is 22.7 Å². The molecule has 1 amide bonds. The minimum atomic E-state index is -3.93. The third-order valence-corrected chi connectivity index (χ3v) is 6.04. The SMILES string of the molecule is CCOCCCNC(=O)CN(c1ccc(C)cc1)S(=O)(=O)c1ccc(OC)cc1. The van der Waals surface area contributed by atoms with Crippen LogP contribution in [0.1, 0.15) is 18.9 Å². The highest BCUT2D eigenvalue weighted by molar-refractivity contribution is 7.92. The van der Waals surface area contributed by atoms with E-state index in [0.717, 1.165) is 9.87 Å². The maximum absolute atomic E-state index is 13.3. The van der Waals surface area contributed by atoms with E-state index >= 15 is 0 Å². The van der Waals surface area contributed by atoms with Gasteiger partial charge in [0, 0.05) is 19.8 Å². The van der Waals surface area contributed by atoms with E-state index in [9.17, 15) is 13.2 Å². The lowest BCUT2D eigenvalue weighted by molar-refractivity contribution is -0.119. The number of nitrogens with zero attached hydrogens (tertiary/aromatic N) is 1. The molecule has 2 aromatic carbocycles. The zero-order valence-corrected chi connectivity index (χ0v) is 17.9. The van der Waals surface area contributed by atoms with Crippen LogP contribution in [0.2, 0.25) is 0 Å². The maximum Gasteiger partial charge on any atom is 0.264 e. The lowest BCUT2D eigenvalue weighted by Crippen LogP contribution is -2.41. The molecule has 8 heteroatoms. The van der Waals surface area contributed by atoms with Gasteiger partial charge in [0.1, 0.15) is 12.3 Å². The highest BCUT2D eigenvalue weighted by Gasteiger charge is 2.27. The topological polar surface area (TPSA) is 84.9 Å². The second-order valence-corrected chi connectivity index (χ2v) is 8.29. The summed E-state index contributed by atoms with van der Waals surface area (Å²) in [6.07, 6.45) is 0.662. The molecule has 2 aromatic rings. The molecule has 0 saturated carbocycles. The molecule has 0 bridgehead atoms. The number of hydrogen-bond donors (Lipinski definition) is 1. The smallest absolute Gasteiger partial charge is 0.264 e. The fourth-order valence-electron chi connectivity index (χ4n) is 2.63. The molecule has 0 radical (unpaired) electrons. The van der Waals surface area contributed by atoms with Gasteiger partial charge in [-0.25, -0.2) is 8.42 Å². The molecule has 7 nitrogen and oxygen atoms in total. The van der Waals surface area contributed by atoms with Gasteiger partial charge in [0.05, 0.1) is 17.7 Å². The van der Waals surface area contributed by atoms with Crippen LogP contribution < -0.4 is 14.4 Å². The quantitative estimate of drug-likeness (QED) is 0.565. The summed E-state index contributed by atoms with van der Waals surface area (Å²) in [6.45, 7) is 5.09. The molecule has 158 valence electrons. The molecular formula is C21H28N2O5S. The molecule has 2 rings (SSSR count). The van der Waals surface area contributed by atoms with Gasteiger partial charge in [0.2, 0.25) is 5.91 Å². The van der Waals surface area contributed by atoms with Crippen LogP contribution in [0.25, 0.3) is 0 Å². The number of rotatable bonds is 11. The number of anilines is 1. The molecule has 0 aliphatic rings. The Kier molecular flexibility index (Phi) is 8.48. The van der Waals surface area contributed by atoms with Crippen molar-refractivity contribution in [2.75, 3.05) is 37.7 Å². The number of aryl methyl sites for hydroxylation is 1. The number of amides is 1. The minimum absolute atomic E-state index is 0.0861. The monoisotopic (exact) mass is 420 g/mol. The van der Waals surface area contributed by atoms with Crippen molar-refractivity contribution in [2.24, 2.45) is 0 Å². The van der Waals surface area contributed by atoms with E-state index in [1.165, 1.54) is 19.2 Å². The second-order valence-electron chi connectivity index (χ2n) is 6.42. The van der Waals surface area contributed by atoms with Crippen LogP contribution in [-0.4, -0.2) is 47.7 Å². The summed E-state index contributed by atoms with van der Waals surface area (Å²) in [5.41, 5.74) is 1.42. The first-order valence-electron chi connectivity index (χ1n) is 9.46. The van der Waals surface area contributed by atoms with Crippen LogP contribution in [0.4, 0.5) is 5.69 Å². The molecule has 0 aliphatic heterocycles. The second kappa shape index (κ2) is 10.8. The first-order valence-corrected chi connectivity index (χ1v) is 10.9. The summed E-state index contributed by atoms with van der Waals surface area (Å²) in [5.74, 6) is 0.178. The van der Waals surface area contributed by atoms with Gasteiger partial charge < -0.3 is 14.8 Å². The average Bonchev–Trinajstić information content (AvgIpc) is 2.72. The van der Waals surface area contributed by atoms with Crippen LogP contribution >= 0.6 is 0 Å². The highest BCUT2D eigenvalue weighted by Crippen LogP contribution is 2.25. The first kappa shape index (κ1) is 22.7. The lowest BCUT2D eigenvalue weighted by atomic mass is 10.2. The molecule has 0 spiro atoms. The molecule has 0 aliphatic carbocycles. The van der Waals surface area contributed by atoms with Gasteiger partial charge in [-0.3, -0.25) is 9.10 Å². The van der Waals surface area contributed by atoms with Crippen LogP contribution in [-0.2, 0) is 19.6 Å². The Morgan fingerprint density at radius 2 is 1.72 bits per heavy atom. The van der Waals surface area contributed by atoms with Crippen molar-refractivity contribution in [2.45, 2.75) is 25.2 Å². The number of ether oxygens (including phenoxy) is 2. The van der Waals surface area contributed by atoms with E-state index in [1.54, 1.807) is 24.3 Å². The van der Waals surface area contributed by atoms with E-state index in [0.29, 0.717) is 37.6 Å². The van der Waals surface area contributed by atoms with Crippen molar-refractivity contribution in [3.05, 3.63) is 54.1 Å². The number of nitrogens with one attached hydrogen (secondary N) is 1.